The van der Waals surface area contributed by atoms with Gasteiger partial charge in [-0.05, 0) is 31.6 Å². The second-order valence-electron chi connectivity index (χ2n) is 34.2. The first kappa shape index (κ1) is 111. The van der Waals surface area contributed by atoms with E-state index in [-0.39, 0.29) is 25.7 Å². The Balaban J connectivity index is 5.18. The van der Waals surface area contributed by atoms with Crippen molar-refractivity contribution < 1.29 is 80.2 Å². The van der Waals surface area contributed by atoms with Crippen LogP contribution in [0.2, 0.25) is 0 Å². The minimum absolute atomic E-state index is 0.108. The number of ether oxygens (including phenoxy) is 4. The second kappa shape index (κ2) is 86.4. The Labute approximate surface area is 696 Å². The zero-order chi connectivity index (χ0) is 82.6. The maximum atomic E-state index is 13.2. The number of rotatable bonds is 94. The van der Waals surface area contributed by atoms with Crippen molar-refractivity contribution in [1.82, 2.24) is 0 Å². The maximum Gasteiger partial charge on any atom is 0.472 e. The Bertz CT molecular complexity index is 2140. The van der Waals surface area contributed by atoms with E-state index in [1.54, 1.807) is 0 Å². The topological polar surface area (TPSA) is 237 Å². The molecule has 0 aliphatic carbocycles. The summed E-state index contributed by atoms with van der Waals surface area (Å²) >= 11 is 0. The van der Waals surface area contributed by atoms with Crippen molar-refractivity contribution in [2.45, 2.75) is 534 Å². The first-order chi connectivity index (χ1) is 55.0. The maximum absolute atomic E-state index is 13.2. The van der Waals surface area contributed by atoms with Crippen LogP contribution in [0.4, 0.5) is 0 Å². The van der Waals surface area contributed by atoms with Crippen LogP contribution in [0.25, 0.3) is 0 Å². The molecule has 0 saturated heterocycles. The van der Waals surface area contributed by atoms with E-state index in [0.29, 0.717) is 31.6 Å². The van der Waals surface area contributed by atoms with Gasteiger partial charge in [-0.25, -0.2) is 9.13 Å². The van der Waals surface area contributed by atoms with Gasteiger partial charge in [0.2, 0.25) is 0 Å². The molecule has 113 heavy (non-hydrogen) atoms. The number of esters is 4. The first-order valence-electron chi connectivity index (χ1n) is 48.6. The number of phosphoric ester groups is 2. The Kier molecular flexibility index (Phi) is 85.0. The zero-order valence-electron chi connectivity index (χ0n) is 74.5. The normalized spacial score (nSPS) is 13.6. The Morgan fingerprint density at radius 1 is 0.239 bits per heavy atom. The van der Waals surface area contributed by atoms with E-state index in [4.69, 9.17) is 37.0 Å². The molecule has 0 bridgehead atoms. The predicted octanol–water partition coefficient (Wildman–Crippen LogP) is 29.5. The molecule has 0 rings (SSSR count). The van der Waals surface area contributed by atoms with Gasteiger partial charge in [0.1, 0.15) is 19.3 Å². The van der Waals surface area contributed by atoms with Crippen LogP contribution in [0.15, 0.2) is 0 Å². The molecular weight excluding hydrogens is 1460 g/mol. The van der Waals surface area contributed by atoms with Crippen LogP contribution in [0, 0.1) is 5.92 Å². The van der Waals surface area contributed by atoms with Crippen LogP contribution in [-0.4, -0.2) is 96.7 Å². The van der Waals surface area contributed by atoms with Gasteiger partial charge < -0.3 is 33.8 Å². The SMILES string of the molecule is CCCCCCCCCCCCCCCCCCCCCCCCC(=O)OC[C@H](COP(=O)(O)OC[C@@H](O)COP(=O)(O)OC[C@@H](COC(=O)CCCCCCCCC(C)C)OC(=O)CCCCCCCCCCCCCCCCCCCCCC)OC(=O)CCCCCCCCCCCCCCCCCCCCCCCC. The molecule has 0 saturated carbocycles. The van der Waals surface area contributed by atoms with E-state index < -0.39 is 97.5 Å². The van der Waals surface area contributed by atoms with Crippen LogP contribution >= 0.6 is 15.6 Å². The summed E-state index contributed by atoms with van der Waals surface area (Å²) in [4.78, 5) is 73.4. The van der Waals surface area contributed by atoms with Crippen molar-refractivity contribution >= 4 is 39.5 Å². The van der Waals surface area contributed by atoms with Crippen molar-refractivity contribution in [2.24, 2.45) is 5.92 Å². The molecule has 17 nitrogen and oxygen atoms in total. The third kappa shape index (κ3) is 87.7. The lowest BCUT2D eigenvalue weighted by molar-refractivity contribution is -0.161. The minimum Gasteiger partial charge on any atom is -0.462 e. The molecule has 3 N–H and O–H groups in total. The number of phosphoric acid groups is 2. The van der Waals surface area contributed by atoms with Gasteiger partial charge in [-0.1, -0.05) is 465 Å². The molecule has 0 aliphatic rings. The molecule has 0 amide bonds. The lowest BCUT2D eigenvalue weighted by Gasteiger charge is -2.21. The van der Waals surface area contributed by atoms with Gasteiger partial charge in [-0.15, -0.1) is 0 Å². The molecule has 0 heterocycles. The van der Waals surface area contributed by atoms with E-state index in [0.717, 1.165) is 96.3 Å². The Hall–Kier alpha value is -1.94. The molecule has 0 spiro atoms. The number of carbonyl (C=O) groups is 4. The molecule has 0 fully saturated rings. The van der Waals surface area contributed by atoms with Crippen molar-refractivity contribution in [3.05, 3.63) is 0 Å². The molecule has 2 unspecified atom stereocenters. The molecule has 5 atom stereocenters. The van der Waals surface area contributed by atoms with Crippen LogP contribution < -0.4 is 0 Å². The lowest BCUT2D eigenvalue weighted by Crippen LogP contribution is -2.30. The number of hydrogen-bond acceptors (Lipinski definition) is 15. The fourth-order valence-corrected chi connectivity index (χ4v) is 16.5. The quantitative estimate of drug-likeness (QED) is 0.0222. The fourth-order valence-electron chi connectivity index (χ4n) is 14.9. The van der Waals surface area contributed by atoms with Gasteiger partial charge in [0.15, 0.2) is 12.2 Å². The summed E-state index contributed by atoms with van der Waals surface area (Å²) in [5.74, 6) is -1.42. The number of aliphatic hydroxyl groups excluding tert-OH is 1. The molecule has 0 aliphatic heterocycles. The Morgan fingerprint density at radius 3 is 0.602 bits per heavy atom. The van der Waals surface area contributed by atoms with Crippen molar-refractivity contribution in [2.75, 3.05) is 39.6 Å². The molecule has 19 heteroatoms. The van der Waals surface area contributed by atoms with Crippen molar-refractivity contribution in [3.63, 3.8) is 0 Å². The summed E-state index contributed by atoms with van der Waals surface area (Å²) in [7, 11) is -9.94. The van der Waals surface area contributed by atoms with E-state index in [1.165, 1.54) is 334 Å². The number of hydrogen-bond donors (Lipinski definition) is 3. The van der Waals surface area contributed by atoms with Crippen molar-refractivity contribution in [1.29, 1.82) is 0 Å². The van der Waals surface area contributed by atoms with Crippen LogP contribution in [0.1, 0.15) is 516 Å². The molecule has 0 aromatic heterocycles. The van der Waals surface area contributed by atoms with Crippen LogP contribution in [0.5, 0.6) is 0 Å². The summed E-state index contributed by atoms with van der Waals surface area (Å²) in [6, 6.07) is 0. The third-order valence-electron chi connectivity index (χ3n) is 22.3. The van der Waals surface area contributed by atoms with E-state index in [1.807, 2.05) is 0 Å². The number of carbonyl (C=O) groups excluding carboxylic acids is 4. The van der Waals surface area contributed by atoms with Gasteiger partial charge in [-0.3, -0.25) is 37.3 Å². The summed E-state index contributed by atoms with van der Waals surface area (Å²) in [5, 5.41) is 10.7. The van der Waals surface area contributed by atoms with E-state index in [9.17, 15) is 43.2 Å². The largest absolute Gasteiger partial charge is 0.472 e. The van der Waals surface area contributed by atoms with Crippen molar-refractivity contribution in [3.8, 4) is 0 Å². The fraction of sp³-hybridized carbons (Fsp3) is 0.957. The highest BCUT2D eigenvalue weighted by atomic mass is 31.2. The molecule has 0 radical (unpaired) electrons. The predicted molar refractivity (Wildman–Crippen MR) is 469 cm³/mol. The highest BCUT2D eigenvalue weighted by molar-refractivity contribution is 7.47. The molecule has 672 valence electrons. The lowest BCUT2D eigenvalue weighted by atomic mass is 10.0. The smallest absolute Gasteiger partial charge is 0.462 e. The highest BCUT2D eigenvalue weighted by Gasteiger charge is 2.31. The molecule has 0 aromatic rings. The highest BCUT2D eigenvalue weighted by Crippen LogP contribution is 2.45. The summed E-state index contributed by atoms with van der Waals surface area (Å²) < 4.78 is 69.1. The number of aliphatic hydroxyl groups is 1. The zero-order valence-corrected chi connectivity index (χ0v) is 76.3. The average molecular weight is 1650 g/mol. The average Bonchev–Trinajstić information content (AvgIpc) is 0.890. The van der Waals surface area contributed by atoms with E-state index in [2.05, 4.69) is 34.6 Å². The van der Waals surface area contributed by atoms with Crippen LogP contribution in [0.3, 0.4) is 0 Å². The minimum atomic E-state index is -4.97. The van der Waals surface area contributed by atoms with E-state index >= 15 is 0 Å². The van der Waals surface area contributed by atoms with Gasteiger partial charge in [-0.2, -0.15) is 0 Å². The third-order valence-corrected chi connectivity index (χ3v) is 24.2. The summed E-state index contributed by atoms with van der Waals surface area (Å²) in [6.45, 7) is 7.32. The first-order valence-corrected chi connectivity index (χ1v) is 51.6. The van der Waals surface area contributed by atoms with Gasteiger partial charge in [0.25, 0.3) is 0 Å². The standard InChI is InChI=1S/C94H184O17P2/c1-6-9-12-15-18-21-24-27-30-33-36-39-41-44-46-49-52-55-58-61-67-72-77-91(96)104-83-89(110-93(98)79-74-69-63-60-57-54-51-48-45-42-40-37-34-31-28-25-22-19-16-13-10-7-2)85-108-112(100,101)106-81-88(95)82-107-113(102,103)109-86-90(84-105-92(97)78-73-68-65-64-66-71-76-87(4)5)111-94(99)80-75-70-62-59-56-53-50-47-43-38-35-32-29-26-23-20-17-14-11-8-3/h87-90,95H,6-86H2,1-5H3,(H,100,101)(H,102,103)/t88-,89-,90-/m1/s1. The van der Waals surface area contributed by atoms with Gasteiger partial charge >= 0.3 is 39.5 Å². The monoisotopic (exact) mass is 1650 g/mol. The van der Waals surface area contributed by atoms with Crippen LogP contribution in [-0.2, 0) is 65.4 Å². The second-order valence-corrected chi connectivity index (χ2v) is 37.1. The molecular formula is C94H184O17P2. The Morgan fingerprint density at radius 2 is 0.407 bits per heavy atom. The number of unbranched alkanes of at least 4 members (excludes halogenated alkanes) is 66. The molecule has 0 aromatic carbocycles. The van der Waals surface area contributed by atoms with Gasteiger partial charge in [0, 0.05) is 25.7 Å². The summed E-state index contributed by atoms with van der Waals surface area (Å²) in [6.07, 6.45) is 83.9. The van der Waals surface area contributed by atoms with Gasteiger partial charge in [0.05, 0.1) is 26.4 Å². The summed E-state index contributed by atoms with van der Waals surface area (Å²) in [5.41, 5.74) is 0.